The first-order valence-corrected chi connectivity index (χ1v) is 8.12. The predicted octanol–water partition coefficient (Wildman–Crippen LogP) is 3.00. The van der Waals surface area contributed by atoms with Gasteiger partial charge in [-0.1, -0.05) is 38.1 Å². The fourth-order valence-corrected chi connectivity index (χ4v) is 2.68. The van der Waals surface area contributed by atoms with E-state index in [2.05, 4.69) is 19.2 Å². The molecule has 23 heavy (non-hydrogen) atoms. The Balaban J connectivity index is 2.15. The summed E-state index contributed by atoms with van der Waals surface area (Å²) in [5, 5.41) is 2.82. The maximum atomic E-state index is 12.7. The second kappa shape index (κ2) is 6.71. The van der Waals surface area contributed by atoms with Crippen LogP contribution >= 0.6 is 0 Å². The summed E-state index contributed by atoms with van der Waals surface area (Å²) < 4.78 is 5.44. The number of hydrogen-bond donors (Lipinski definition) is 1. The van der Waals surface area contributed by atoms with Crippen LogP contribution in [-0.2, 0) is 15.1 Å². The number of urea groups is 1. The molecule has 0 unspecified atom stereocenters. The van der Waals surface area contributed by atoms with Crippen LogP contribution in [0.1, 0.15) is 51.7 Å². The highest BCUT2D eigenvalue weighted by Gasteiger charge is 2.48. The van der Waals surface area contributed by atoms with E-state index in [1.807, 2.05) is 38.1 Å². The Morgan fingerprint density at radius 2 is 1.74 bits per heavy atom. The van der Waals surface area contributed by atoms with Crippen LogP contribution in [0.15, 0.2) is 24.3 Å². The van der Waals surface area contributed by atoms with E-state index < -0.39 is 5.54 Å². The number of imide groups is 1. The van der Waals surface area contributed by atoms with Crippen molar-refractivity contribution in [3.63, 3.8) is 0 Å². The minimum Gasteiger partial charge on any atom is -0.377 e. The molecule has 1 aliphatic rings. The van der Waals surface area contributed by atoms with E-state index in [0.29, 0.717) is 12.5 Å². The summed E-state index contributed by atoms with van der Waals surface area (Å²) in [7, 11) is 0. The van der Waals surface area contributed by atoms with Gasteiger partial charge in [0.2, 0.25) is 0 Å². The first-order chi connectivity index (χ1) is 10.8. The number of nitrogens with zero attached hydrogens (tertiary/aromatic N) is 1. The van der Waals surface area contributed by atoms with Crippen molar-refractivity contribution < 1.29 is 14.3 Å². The Hall–Kier alpha value is -1.88. The molecule has 5 heteroatoms. The molecular formula is C18H26N2O3. The molecule has 0 bridgehead atoms. The minimum absolute atomic E-state index is 0.0747. The second-order valence-electron chi connectivity index (χ2n) is 6.71. The molecule has 0 spiro atoms. The Morgan fingerprint density at radius 3 is 2.26 bits per heavy atom. The zero-order chi connectivity index (χ0) is 17.2. The molecule has 0 radical (unpaired) electrons. The van der Waals surface area contributed by atoms with Gasteiger partial charge in [-0.25, -0.2) is 4.79 Å². The van der Waals surface area contributed by atoms with E-state index in [1.165, 1.54) is 10.5 Å². The number of nitrogens with one attached hydrogen (secondary N) is 1. The second-order valence-corrected chi connectivity index (χ2v) is 6.71. The van der Waals surface area contributed by atoms with Gasteiger partial charge in [0.05, 0.1) is 19.3 Å². The number of carbonyl (C=O) groups excluding carboxylic acids is 2. The molecule has 1 aromatic carbocycles. The summed E-state index contributed by atoms with van der Waals surface area (Å²) in [6, 6.07) is 7.49. The lowest BCUT2D eigenvalue weighted by Gasteiger charge is -2.23. The highest BCUT2D eigenvalue weighted by Crippen LogP contribution is 2.29. The molecule has 2 rings (SSSR count). The van der Waals surface area contributed by atoms with E-state index in [4.69, 9.17) is 4.74 Å². The van der Waals surface area contributed by atoms with Crippen LogP contribution in [-0.4, -0.2) is 36.1 Å². The predicted molar refractivity (Wildman–Crippen MR) is 89.2 cm³/mol. The van der Waals surface area contributed by atoms with Gasteiger partial charge < -0.3 is 10.1 Å². The topological polar surface area (TPSA) is 58.6 Å². The summed E-state index contributed by atoms with van der Waals surface area (Å²) in [5.74, 6) is 0.197. The number of rotatable bonds is 6. The summed E-state index contributed by atoms with van der Waals surface area (Å²) >= 11 is 0. The molecule has 0 aliphatic carbocycles. The lowest BCUT2D eigenvalue weighted by atomic mass is 9.90. The molecule has 1 heterocycles. The average Bonchev–Trinajstić information content (AvgIpc) is 2.71. The molecular weight excluding hydrogens is 292 g/mol. The van der Waals surface area contributed by atoms with E-state index in [1.54, 1.807) is 6.92 Å². The van der Waals surface area contributed by atoms with Gasteiger partial charge in [0, 0.05) is 0 Å². The van der Waals surface area contributed by atoms with Crippen molar-refractivity contribution in [1.82, 2.24) is 10.2 Å². The minimum atomic E-state index is -1.01. The van der Waals surface area contributed by atoms with Gasteiger partial charge in [-0.05, 0) is 37.8 Å². The van der Waals surface area contributed by atoms with Crippen molar-refractivity contribution in [3.05, 3.63) is 35.4 Å². The largest absolute Gasteiger partial charge is 0.377 e. The van der Waals surface area contributed by atoms with Crippen molar-refractivity contribution >= 4 is 11.9 Å². The van der Waals surface area contributed by atoms with Gasteiger partial charge in [-0.3, -0.25) is 9.69 Å². The van der Waals surface area contributed by atoms with Gasteiger partial charge in [0.15, 0.2) is 0 Å². The normalized spacial score (nSPS) is 21.4. The van der Waals surface area contributed by atoms with Crippen LogP contribution in [0.5, 0.6) is 0 Å². The third-order valence-corrected chi connectivity index (χ3v) is 4.20. The zero-order valence-electron chi connectivity index (χ0n) is 14.6. The molecule has 0 aromatic heterocycles. The third-order valence-electron chi connectivity index (χ3n) is 4.20. The van der Waals surface area contributed by atoms with E-state index in [9.17, 15) is 9.59 Å². The lowest BCUT2D eigenvalue weighted by molar-refractivity contribution is -0.131. The van der Waals surface area contributed by atoms with Crippen molar-refractivity contribution in [2.75, 3.05) is 13.2 Å². The standard InChI is InChI=1S/C18H26N2O3/c1-12(2)14-6-8-15(9-7-14)18(5)16(21)20(17(22)19-18)10-11-23-13(3)4/h6-9,12-13H,10-11H2,1-5H3,(H,19,22)/t18-/m0/s1. The van der Waals surface area contributed by atoms with Crippen LogP contribution in [0.4, 0.5) is 4.79 Å². The monoisotopic (exact) mass is 318 g/mol. The zero-order valence-corrected chi connectivity index (χ0v) is 14.6. The van der Waals surface area contributed by atoms with Gasteiger partial charge in [0.1, 0.15) is 5.54 Å². The number of carbonyl (C=O) groups is 2. The van der Waals surface area contributed by atoms with E-state index in [0.717, 1.165) is 5.56 Å². The quantitative estimate of drug-likeness (QED) is 0.820. The Labute approximate surface area is 138 Å². The van der Waals surface area contributed by atoms with Crippen LogP contribution < -0.4 is 5.32 Å². The molecule has 1 aliphatic heterocycles. The molecule has 1 aromatic rings. The first kappa shape index (κ1) is 17.5. The van der Waals surface area contributed by atoms with Crippen molar-refractivity contribution in [2.24, 2.45) is 0 Å². The molecule has 1 atom stereocenters. The van der Waals surface area contributed by atoms with Gasteiger partial charge >= 0.3 is 6.03 Å². The first-order valence-electron chi connectivity index (χ1n) is 8.12. The summed E-state index contributed by atoms with van der Waals surface area (Å²) in [4.78, 5) is 26.1. The Bertz CT molecular complexity index is 580. The summed E-state index contributed by atoms with van der Waals surface area (Å²) in [5.41, 5.74) is 0.994. The average molecular weight is 318 g/mol. The van der Waals surface area contributed by atoms with Crippen LogP contribution in [0.3, 0.4) is 0 Å². The summed E-state index contributed by atoms with van der Waals surface area (Å²) in [6.07, 6.45) is 0.0747. The third kappa shape index (κ3) is 3.55. The molecule has 5 nitrogen and oxygen atoms in total. The van der Waals surface area contributed by atoms with Crippen molar-refractivity contribution in [3.8, 4) is 0 Å². The fourth-order valence-electron chi connectivity index (χ4n) is 2.68. The maximum Gasteiger partial charge on any atom is 0.325 e. The smallest absolute Gasteiger partial charge is 0.325 e. The lowest BCUT2D eigenvalue weighted by Crippen LogP contribution is -2.41. The Morgan fingerprint density at radius 1 is 1.13 bits per heavy atom. The molecule has 3 amide bonds. The van der Waals surface area contributed by atoms with Crippen LogP contribution in [0.25, 0.3) is 0 Å². The van der Waals surface area contributed by atoms with Gasteiger partial charge in [-0.15, -0.1) is 0 Å². The molecule has 1 saturated heterocycles. The number of benzene rings is 1. The SMILES string of the molecule is CC(C)OCCN1C(=O)N[C@@](C)(c2ccc(C(C)C)cc2)C1=O. The van der Waals surface area contributed by atoms with E-state index in [-0.39, 0.29) is 24.6 Å². The number of ether oxygens (including phenoxy) is 1. The van der Waals surface area contributed by atoms with Crippen LogP contribution in [0, 0.1) is 0 Å². The highest BCUT2D eigenvalue weighted by atomic mass is 16.5. The maximum absolute atomic E-state index is 12.7. The Kier molecular flexibility index (Phi) is 5.09. The van der Waals surface area contributed by atoms with Crippen molar-refractivity contribution in [1.29, 1.82) is 0 Å². The van der Waals surface area contributed by atoms with Gasteiger partial charge in [0.25, 0.3) is 5.91 Å². The summed E-state index contributed by atoms with van der Waals surface area (Å²) in [6.45, 7) is 10.5. The van der Waals surface area contributed by atoms with Crippen LogP contribution in [0.2, 0.25) is 0 Å². The van der Waals surface area contributed by atoms with Crippen molar-refractivity contribution in [2.45, 2.75) is 52.2 Å². The molecule has 126 valence electrons. The number of amides is 3. The number of hydrogen-bond acceptors (Lipinski definition) is 3. The van der Waals surface area contributed by atoms with Gasteiger partial charge in [-0.2, -0.15) is 0 Å². The fraction of sp³-hybridized carbons (Fsp3) is 0.556. The van der Waals surface area contributed by atoms with E-state index >= 15 is 0 Å². The molecule has 1 fully saturated rings. The molecule has 0 saturated carbocycles. The molecule has 1 N–H and O–H groups in total. The highest BCUT2D eigenvalue weighted by molar-refractivity contribution is 6.07.